The van der Waals surface area contributed by atoms with Crippen LogP contribution in [-0.4, -0.2) is 33.0 Å². The average molecular weight is 366 g/mol. The van der Waals surface area contributed by atoms with Crippen LogP contribution in [0.15, 0.2) is 17.6 Å². The van der Waals surface area contributed by atoms with Gasteiger partial charge in [0.25, 0.3) is 0 Å². The number of aromatic nitrogens is 2. The van der Waals surface area contributed by atoms with E-state index >= 15 is 0 Å². The Morgan fingerprint density at radius 2 is 1.96 bits per heavy atom. The van der Waals surface area contributed by atoms with Crippen LogP contribution in [0.2, 0.25) is 0 Å². The maximum Gasteiger partial charge on any atom is 0.234 e. The van der Waals surface area contributed by atoms with Gasteiger partial charge in [-0.3, -0.25) is 4.79 Å². The number of amides is 1. The van der Waals surface area contributed by atoms with Gasteiger partial charge in [-0.25, -0.2) is 9.97 Å². The van der Waals surface area contributed by atoms with E-state index in [0.717, 1.165) is 35.5 Å². The number of hydrogen-bond donors (Lipinski definition) is 1. The Morgan fingerprint density at radius 1 is 1.29 bits per heavy atom. The maximum absolute atomic E-state index is 11.6. The van der Waals surface area contributed by atoms with E-state index < -0.39 is 0 Å². The lowest BCUT2D eigenvalue weighted by atomic mass is 9.49. The number of alkyl halides is 1. The highest BCUT2D eigenvalue weighted by atomic mass is 35.5. The lowest BCUT2D eigenvalue weighted by molar-refractivity contribution is -0.120. The number of hydrogen-bond acceptors (Lipinski definition) is 4. The van der Waals surface area contributed by atoms with Gasteiger partial charge in [0.1, 0.15) is 5.88 Å². The van der Waals surface area contributed by atoms with Gasteiger partial charge < -0.3 is 5.32 Å². The monoisotopic (exact) mass is 365 g/mol. The molecule has 1 heterocycles. The molecule has 0 aromatic carbocycles. The van der Waals surface area contributed by atoms with E-state index in [2.05, 4.69) is 15.3 Å². The van der Waals surface area contributed by atoms with Crippen LogP contribution >= 0.6 is 23.4 Å². The largest absolute Gasteiger partial charge is 0.355 e. The summed E-state index contributed by atoms with van der Waals surface area (Å²) in [5.74, 6) is 1.59. The van der Waals surface area contributed by atoms with Crippen LogP contribution in [0.3, 0.4) is 0 Å². The van der Waals surface area contributed by atoms with Crippen LogP contribution in [-0.2, 0) is 4.79 Å². The second-order valence-corrected chi connectivity index (χ2v) is 9.90. The Bertz CT molecular complexity index is 622. The van der Waals surface area contributed by atoms with Crippen LogP contribution in [0.25, 0.3) is 0 Å². The van der Waals surface area contributed by atoms with E-state index in [9.17, 15) is 4.79 Å². The van der Waals surface area contributed by atoms with Gasteiger partial charge in [-0.2, -0.15) is 0 Å². The summed E-state index contributed by atoms with van der Waals surface area (Å²) in [6.07, 6.45) is 11.4. The Morgan fingerprint density at radius 3 is 2.58 bits per heavy atom. The second kappa shape index (κ2) is 6.17. The van der Waals surface area contributed by atoms with Crippen molar-refractivity contribution in [2.45, 2.75) is 55.4 Å². The number of nitrogens with zero attached hydrogens (tertiary/aromatic N) is 2. The van der Waals surface area contributed by atoms with Crippen LogP contribution < -0.4 is 5.32 Å². The van der Waals surface area contributed by atoms with Crippen LogP contribution in [0.1, 0.15) is 44.1 Å². The van der Waals surface area contributed by atoms with Gasteiger partial charge in [0.2, 0.25) is 5.91 Å². The topological polar surface area (TPSA) is 54.9 Å². The van der Waals surface area contributed by atoms with Crippen molar-refractivity contribution in [2.75, 3.05) is 12.4 Å². The molecule has 4 bridgehead atoms. The standard InChI is InChI=1S/C18H24ClN3OS/c1-12-8-20-16(21-9-12)24-18-5-13-2-14(6-18)4-17(3-13,10-18)11-22-15(23)7-19/h8-9,13-14H,2-7,10-11H2,1H3,(H,22,23). The molecule has 5 rings (SSSR count). The Balaban J connectivity index is 1.53. The zero-order chi connectivity index (χ0) is 16.8. The minimum Gasteiger partial charge on any atom is -0.355 e. The predicted octanol–water partition coefficient (Wildman–Crippen LogP) is 3.57. The fourth-order valence-corrected chi connectivity index (χ4v) is 7.36. The number of halogens is 1. The van der Waals surface area contributed by atoms with Crippen molar-refractivity contribution in [3.8, 4) is 0 Å². The van der Waals surface area contributed by atoms with E-state index in [0.29, 0.717) is 0 Å². The van der Waals surface area contributed by atoms with Crippen molar-refractivity contribution in [1.29, 1.82) is 0 Å². The molecule has 24 heavy (non-hydrogen) atoms. The summed E-state index contributed by atoms with van der Waals surface area (Å²) >= 11 is 7.54. The molecule has 4 aliphatic carbocycles. The normalized spacial score (nSPS) is 36.8. The third kappa shape index (κ3) is 3.17. The third-order valence-electron chi connectivity index (χ3n) is 5.98. The molecule has 4 aliphatic rings. The van der Waals surface area contributed by atoms with Crippen molar-refractivity contribution >= 4 is 29.3 Å². The molecule has 130 valence electrons. The molecule has 0 spiro atoms. The van der Waals surface area contributed by atoms with Gasteiger partial charge in [-0.05, 0) is 68.3 Å². The Hall–Kier alpha value is -0.810. The fraction of sp³-hybridized carbons (Fsp3) is 0.722. The number of carbonyl (C=O) groups is 1. The summed E-state index contributed by atoms with van der Waals surface area (Å²) < 4.78 is 0.255. The molecule has 1 aromatic heterocycles. The smallest absolute Gasteiger partial charge is 0.234 e. The minimum absolute atomic E-state index is 0.0454. The summed E-state index contributed by atoms with van der Waals surface area (Å²) in [6.45, 7) is 2.80. The van der Waals surface area contributed by atoms with E-state index in [-0.39, 0.29) is 21.9 Å². The number of rotatable bonds is 5. The van der Waals surface area contributed by atoms with E-state index in [1.54, 1.807) is 0 Å². The van der Waals surface area contributed by atoms with Gasteiger partial charge >= 0.3 is 0 Å². The first kappa shape index (κ1) is 16.6. The van der Waals surface area contributed by atoms with Crippen molar-refractivity contribution in [2.24, 2.45) is 17.3 Å². The van der Waals surface area contributed by atoms with Gasteiger partial charge in [-0.1, -0.05) is 11.8 Å². The number of thioether (sulfide) groups is 1. The summed E-state index contributed by atoms with van der Waals surface area (Å²) in [5.41, 5.74) is 1.36. The Kier molecular flexibility index (Phi) is 4.28. The van der Waals surface area contributed by atoms with Gasteiger partial charge in [0.05, 0.1) is 0 Å². The summed E-state index contributed by atoms with van der Waals surface area (Å²) in [5, 5.41) is 3.97. The van der Waals surface area contributed by atoms with Crippen LogP contribution in [0.4, 0.5) is 0 Å². The molecule has 1 aromatic rings. The van der Waals surface area contributed by atoms with Gasteiger partial charge in [0.15, 0.2) is 5.16 Å². The Labute approximate surface area is 152 Å². The summed E-state index contributed by atoms with van der Waals surface area (Å²) in [6, 6.07) is 0. The molecule has 0 radical (unpaired) electrons. The van der Waals surface area contributed by atoms with Crippen molar-refractivity contribution in [3.05, 3.63) is 18.0 Å². The van der Waals surface area contributed by atoms with E-state index in [1.165, 1.54) is 32.1 Å². The highest BCUT2D eigenvalue weighted by Crippen LogP contribution is 2.66. The predicted molar refractivity (Wildman–Crippen MR) is 96.2 cm³/mol. The zero-order valence-corrected chi connectivity index (χ0v) is 15.6. The molecule has 1 N–H and O–H groups in total. The molecule has 6 heteroatoms. The lowest BCUT2D eigenvalue weighted by Gasteiger charge is -2.61. The minimum atomic E-state index is -0.0454. The molecule has 4 nitrogen and oxygen atoms in total. The molecule has 2 unspecified atom stereocenters. The highest BCUT2D eigenvalue weighted by Gasteiger charge is 2.58. The number of nitrogens with one attached hydrogen (secondary N) is 1. The number of carbonyl (C=O) groups excluding carboxylic acids is 1. The third-order valence-corrected chi connectivity index (χ3v) is 7.52. The van der Waals surface area contributed by atoms with E-state index in [4.69, 9.17) is 11.6 Å². The highest BCUT2D eigenvalue weighted by molar-refractivity contribution is 8.00. The fourth-order valence-electron chi connectivity index (χ4n) is 5.65. The second-order valence-electron chi connectivity index (χ2n) is 8.20. The molecular formula is C18H24ClN3OS. The first-order valence-corrected chi connectivity index (χ1v) is 10.2. The first-order valence-electron chi connectivity index (χ1n) is 8.80. The first-order chi connectivity index (χ1) is 11.5. The maximum atomic E-state index is 11.6. The van der Waals surface area contributed by atoms with Crippen molar-refractivity contribution in [3.63, 3.8) is 0 Å². The molecule has 0 aliphatic heterocycles. The van der Waals surface area contributed by atoms with Gasteiger partial charge in [0, 0.05) is 23.7 Å². The lowest BCUT2D eigenvalue weighted by Crippen LogP contribution is -2.57. The molecule has 4 fully saturated rings. The van der Waals surface area contributed by atoms with Gasteiger partial charge in [-0.15, -0.1) is 11.6 Å². The summed E-state index contributed by atoms with van der Waals surface area (Å²) in [4.78, 5) is 20.7. The quantitative estimate of drug-likeness (QED) is 0.640. The molecule has 4 saturated carbocycles. The molecule has 1 amide bonds. The molecule has 0 saturated heterocycles. The van der Waals surface area contributed by atoms with Crippen LogP contribution in [0, 0.1) is 24.2 Å². The van der Waals surface area contributed by atoms with Crippen molar-refractivity contribution < 1.29 is 4.79 Å². The summed E-state index contributed by atoms with van der Waals surface area (Å²) in [7, 11) is 0. The van der Waals surface area contributed by atoms with Crippen molar-refractivity contribution in [1.82, 2.24) is 15.3 Å². The molecule has 2 atom stereocenters. The zero-order valence-electron chi connectivity index (χ0n) is 14.1. The van der Waals surface area contributed by atoms with E-state index in [1.807, 2.05) is 31.1 Å². The molecular weight excluding hydrogens is 342 g/mol. The average Bonchev–Trinajstić information content (AvgIpc) is 2.53. The van der Waals surface area contributed by atoms with Crippen LogP contribution in [0.5, 0.6) is 0 Å². The number of aryl methyl sites for hydroxylation is 1. The SMILES string of the molecule is Cc1cnc(SC23CC4CC(CC(CNC(=O)CCl)(C4)C2)C3)nc1.